The van der Waals surface area contributed by atoms with Gasteiger partial charge in [-0.05, 0) is 45.0 Å². The molecule has 28 heavy (non-hydrogen) atoms. The molecule has 1 N–H and O–H groups in total. The lowest BCUT2D eigenvalue weighted by molar-refractivity contribution is 0.102. The number of sulfonamides is 1. The molecule has 1 aromatic heterocycles. The maximum atomic E-state index is 12.9. The molecule has 9 heteroatoms. The van der Waals surface area contributed by atoms with Crippen molar-refractivity contribution in [3.8, 4) is 0 Å². The van der Waals surface area contributed by atoms with E-state index < -0.39 is 10.0 Å². The lowest BCUT2D eigenvalue weighted by atomic mass is 10.3. The minimum Gasteiger partial charge on any atom is -0.321 e. The summed E-state index contributed by atoms with van der Waals surface area (Å²) in [4.78, 5) is 19.9. The van der Waals surface area contributed by atoms with Gasteiger partial charge in [-0.2, -0.15) is 4.31 Å². The average Bonchev–Trinajstić information content (AvgIpc) is 3.03. The van der Waals surface area contributed by atoms with Gasteiger partial charge in [-0.3, -0.25) is 4.79 Å². The number of nitrogens with one attached hydrogen (secondary N) is 1. The summed E-state index contributed by atoms with van der Waals surface area (Å²) in [6.45, 7) is 6.24. The van der Waals surface area contributed by atoms with E-state index in [2.05, 4.69) is 22.1 Å². The highest BCUT2D eigenvalue weighted by molar-refractivity contribution is 7.89. The molecule has 0 bridgehead atoms. The second-order valence-corrected chi connectivity index (χ2v) is 9.98. The third kappa shape index (κ3) is 4.60. The van der Waals surface area contributed by atoms with Crippen molar-refractivity contribution < 1.29 is 13.2 Å². The number of thiazole rings is 1. The first-order chi connectivity index (χ1) is 13.3. The van der Waals surface area contributed by atoms with Crippen LogP contribution in [0.25, 0.3) is 0 Å². The van der Waals surface area contributed by atoms with Crippen LogP contribution in [-0.2, 0) is 16.4 Å². The molecule has 3 rings (SSSR count). The monoisotopic (exact) mass is 422 g/mol. The molecule has 0 saturated carbocycles. The summed E-state index contributed by atoms with van der Waals surface area (Å²) in [6, 6.07) is 6.44. The predicted octanol–water partition coefficient (Wildman–Crippen LogP) is 2.59. The number of aryl methyl sites for hydroxylation is 2. The van der Waals surface area contributed by atoms with Gasteiger partial charge >= 0.3 is 0 Å². The molecule has 7 nitrogen and oxygen atoms in total. The molecule has 152 valence electrons. The Hall–Kier alpha value is -1.81. The number of carbonyl (C=O) groups is 1. The largest absolute Gasteiger partial charge is 0.321 e. The van der Waals surface area contributed by atoms with Gasteiger partial charge in [0.15, 0.2) is 0 Å². The van der Waals surface area contributed by atoms with Crippen LogP contribution in [0.1, 0.15) is 33.7 Å². The van der Waals surface area contributed by atoms with Crippen LogP contribution >= 0.6 is 11.3 Å². The third-order valence-electron chi connectivity index (χ3n) is 4.70. The molecule has 0 unspecified atom stereocenters. The Balaban J connectivity index is 1.77. The predicted molar refractivity (Wildman–Crippen MR) is 111 cm³/mol. The zero-order valence-electron chi connectivity index (χ0n) is 16.4. The van der Waals surface area contributed by atoms with Crippen molar-refractivity contribution in [1.29, 1.82) is 0 Å². The second kappa shape index (κ2) is 8.69. The number of carbonyl (C=O) groups excluding carboxylic acids is 1. The first-order valence-corrected chi connectivity index (χ1v) is 11.6. The third-order valence-corrected chi connectivity index (χ3v) is 7.81. The number of rotatable bonds is 6. The number of amides is 1. The number of nitrogens with zero attached hydrogens (tertiary/aromatic N) is 3. The van der Waals surface area contributed by atoms with Gasteiger partial charge < -0.3 is 10.2 Å². The highest BCUT2D eigenvalue weighted by atomic mass is 32.2. The Morgan fingerprint density at radius 2 is 1.96 bits per heavy atom. The Morgan fingerprint density at radius 3 is 2.64 bits per heavy atom. The Labute approximate surface area is 170 Å². The fourth-order valence-corrected chi connectivity index (χ4v) is 5.61. The van der Waals surface area contributed by atoms with Crippen LogP contribution in [0.3, 0.4) is 0 Å². The maximum Gasteiger partial charge on any atom is 0.267 e. The maximum absolute atomic E-state index is 12.9. The van der Waals surface area contributed by atoms with Gasteiger partial charge in [0.05, 0.1) is 15.6 Å². The molecule has 2 heterocycles. The van der Waals surface area contributed by atoms with Crippen molar-refractivity contribution in [3.63, 3.8) is 0 Å². The zero-order chi connectivity index (χ0) is 20.3. The van der Waals surface area contributed by atoms with Crippen molar-refractivity contribution in [2.24, 2.45) is 0 Å². The number of hydrogen-bond donors (Lipinski definition) is 1. The highest BCUT2D eigenvalue weighted by Gasteiger charge is 2.27. The first-order valence-electron chi connectivity index (χ1n) is 9.37. The molecule has 0 radical (unpaired) electrons. The molecular formula is C19H26N4O3S2. The molecule has 1 amide bonds. The molecule has 1 saturated heterocycles. The fourth-order valence-electron chi connectivity index (χ4n) is 3.08. The van der Waals surface area contributed by atoms with Crippen LogP contribution in [0.4, 0.5) is 5.69 Å². The van der Waals surface area contributed by atoms with E-state index in [1.807, 2.05) is 14.0 Å². The number of anilines is 1. The Morgan fingerprint density at radius 1 is 1.25 bits per heavy atom. The number of piperazine rings is 1. The lowest BCUT2D eigenvalue weighted by Crippen LogP contribution is -2.47. The highest BCUT2D eigenvalue weighted by Crippen LogP contribution is 2.24. The molecular weight excluding hydrogens is 396 g/mol. The number of aromatic nitrogens is 1. The van der Waals surface area contributed by atoms with Crippen molar-refractivity contribution in [2.75, 3.05) is 38.5 Å². The minimum absolute atomic E-state index is 0.197. The van der Waals surface area contributed by atoms with Crippen LogP contribution in [-0.4, -0.2) is 61.7 Å². The molecule has 0 atom stereocenters. The molecule has 1 fully saturated rings. The van der Waals surface area contributed by atoms with Crippen molar-refractivity contribution >= 4 is 33.0 Å². The second-order valence-electron chi connectivity index (χ2n) is 6.96. The van der Waals surface area contributed by atoms with Gasteiger partial charge in [0.25, 0.3) is 5.91 Å². The normalized spacial score (nSPS) is 16.2. The van der Waals surface area contributed by atoms with E-state index in [9.17, 15) is 13.2 Å². The topological polar surface area (TPSA) is 82.6 Å². The van der Waals surface area contributed by atoms with Gasteiger partial charge in [0.1, 0.15) is 4.88 Å². The molecule has 1 aliphatic heterocycles. The van der Waals surface area contributed by atoms with E-state index >= 15 is 0 Å². The summed E-state index contributed by atoms with van der Waals surface area (Å²) >= 11 is 1.39. The number of likely N-dealkylation sites (N-methyl/N-ethyl adjacent to an activating group) is 1. The van der Waals surface area contributed by atoms with Crippen LogP contribution in [0.15, 0.2) is 29.2 Å². The Bertz CT molecular complexity index is 948. The van der Waals surface area contributed by atoms with E-state index in [1.165, 1.54) is 21.7 Å². The SMILES string of the molecule is CCCc1nc(C)c(C(=O)Nc2cccc(S(=O)(=O)N3CCN(C)CC3)c2)s1. The van der Waals surface area contributed by atoms with Gasteiger partial charge in [-0.1, -0.05) is 13.0 Å². The number of hydrogen-bond acceptors (Lipinski definition) is 6. The van der Waals surface area contributed by atoms with E-state index in [1.54, 1.807) is 18.2 Å². The summed E-state index contributed by atoms with van der Waals surface area (Å²) < 4.78 is 27.3. The van der Waals surface area contributed by atoms with E-state index in [0.717, 1.165) is 17.8 Å². The summed E-state index contributed by atoms with van der Waals surface area (Å²) in [5.74, 6) is -0.258. The standard InChI is InChI=1S/C19H26N4O3S2/c1-4-6-17-20-14(2)18(27-17)19(24)21-15-7-5-8-16(13-15)28(25,26)23-11-9-22(3)10-12-23/h5,7-8,13H,4,6,9-12H2,1-3H3,(H,21,24). The lowest BCUT2D eigenvalue weighted by Gasteiger charge is -2.31. The van der Waals surface area contributed by atoms with E-state index in [4.69, 9.17) is 0 Å². The molecule has 0 aliphatic carbocycles. The smallest absolute Gasteiger partial charge is 0.267 e. The van der Waals surface area contributed by atoms with Gasteiger partial charge in [0, 0.05) is 31.9 Å². The van der Waals surface area contributed by atoms with Crippen LogP contribution < -0.4 is 5.32 Å². The Kier molecular flexibility index (Phi) is 6.49. The minimum atomic E-state index is -3.57. The van der Waals surface area contributed by atoms with Gasteiger partial charge in [-0.15, -0.1) is 11.3 Å². The molecule has 0 spiro atoms. The van der Waals surface area contributed by atoms with Crippen LogP contribution in [0.5, 0.6) is 0 Å². The average molecular weight is 423 g/mol. The summed E-state index contributed by atoms with van der Waals surface area (Å²) in [5, 5.41) is 3.76. The zero-order valence-corrected chi connectivity index (χ0v) is 18.1. The van der Waals surface area contributed by atoms with Crippen LogP contribution in [0, 0.1) is 6.92 Å². The van der Waals surface area contributed by atoms with Crippen molar-refractivity contribution in [3.05, 3.63) is 39.8 Å². The summed E-state index contributed by atoms with van der Waals surface area (Å²) in [7, 11) is -1.59. The molecule has 2 aromatic rings. The summed E-state index contributed by atoms with van der Waals surface area (Å²) in [5.41, 5.74) is 1.16. The fraction of sp³-hybridized carbons (Fsp3) is 0.474. The number of benzene rings is 1. The quantitative estimate of drug-likeness (QED) is 0.774. The molecule has 1 aliphatic rings. The van der Waals surface area contributed by atoms with Gasteiger partial charge in [-0.25, -0.2) is 13.4 Å². The van der Waals surface area contributed by atoms with E-state index in [0.29, 0.717) is 42.4 Å². The van der Waals surface area contributed by atoms with Gasteiger partial charge in [0.2, 0.25) is 10.0 Å². The van der Waals surface area contributed by atoms with Crippen molar-refractivity contribution in [2.45, 2.75) is 31.6 Å². The molecule has 1 aromatic carbocycles. The first kappa shape index (κ1) is 20.9. The van der Waals surface area contributed by atoms with Crippen LogP contribution in [0.2, 0.25) is 0 Å². The van der Waals surface area contributed by atoms with Crippen molar-refractivity contribution in [1.82, 2.24) is 14.2 Å². The summed E-state index contributed by atoms with van der Waals surface area (Å²) in [6.07, 6.45) is 1.82. The van der Waals surface area contributed by atoms with E-state index in [-0.39, 0.29) is 10.8 Å².